The third-order valence-electron chi connectivity index (χ3n) is 4.38. The monoisotopic (exact) mass is 417 g/mol. The largest absolute Gasteiger partial charge is 0.416 e. The van der Waals surface area contributed by atoms with Crippen LogP contribution in [0, 0.1) is 0 Å². The molecule has 1 amide bonds. The zero-order chi connectivity index (χ0) is 21.7. The number of nitrogens with zero attached hydrogens (tertiary/aromatic N) is 2. The highest BCUT2D eigenvalue weighted by atomic mass is 19.4. The predicted octanol–water partition coefficient (Wildman–Crippen LogP) is 4.17. The molecule has 11 heteroatoms. The van der Waals surface area contributed by atoms with Gasteiger partial charge in [0, 0.05) is 25.3 Å². The van der Waals surface area contributed by atoms with Crippen LogP contribution >= 0.6 is 0 Å². The minimum atomic E-state index is -5.06. The van der Waals surface area contributed by atoms with Gasteiger partial charge in [-0.3, -0.25) is 13.9 Å². The molecule has 1 N–H and O–H groups in total. The van der Waals surface area contributed by atoms with Crippen LogP contribution in [0.2, 0.25) is 0 Å². The Morgan fingerprint density at radius 2 is 1.34 bits per heavy atom. The Balaban J connectivity index is 2.01. The van der Waals surface area contributed by atoms with Gasteiger partial charge in [-0.15, -0.1) is 0 Å². The molecule has 1 aromatic heterocycles. The summed E-state index contributed by atoms with van der Waals surface area (Å²) in [5, 5.41) is 2.27. The van der Waals surface area contributed by atoms with Crippen LogP contribution in [0.3, 0.4) is 0 Å². The maximum Gasteiger partial charge on any atom is 0.416 e. The molecule has 0 radical (unpaired) electrons. The highest BCUT2D eigenvalue weighted by Crippen LogP contribution is 2.36. The summed E-state index contributed by atoms with van der Waals surface area (Å²) in [6.07, 6.45) is -10.1. The summed E-state index contributed by atoms with van der Waals surface area (Å²) in [5.41, 5.74) is -3.24. The molecular formula is C18H13F6N3O2. The second kappa shape index (κ2) is 6.68. The van der Waals surface area contributed by atoms with Gasteiger partial charge in [0.15, 0.2) is 0 Å². The molecule has 0 fully saturated rings. The van der Waals surface area contributed by atoms with Crippen molar-refractivity contribution in [3.05, 3.63) is 63.6 Å². The second-order valence-electron chi connectivity index (χ2n) is 6.35. The van der Waals surface area contributed by atoms with Gasteiger partial charge in [-0.25, -0.2) is 4.79 Å². The molecule has 0 unspecified atom stereocenters. The van der Waals surface area contributed by atoms with Crippen molar-refractivity contribution in [2.45, 2.75) is 12.4 Å². The van der Waals surface area contributed by atoms with E-state index in [1.807, 2.05) is 0 Å². The van der Waals surface area contributed by atoms with Gasteiger partial charge in [-0.1, -0.05) is 0 Å². The summed E-state index contributed by atoms with van der Waals surface area (Å²) < 4.78 is 80.3. The van der Waals surface area contributed by atoms with E-state index in [0.29, 0.717) is 23.2 Å². The molecule has 3 rings (SSSR count). The fourth-order valence-electron chi connectivity index (χ4n) is 2.87. The Hall–Kier alpha value is -3.24. The van der Waals surface area contributed by atoms with E-state index in [2.05, 4.69) is 5.32 Å². The van der Waals surface area contributed by atoms with Crippen molar-refractivity contribution in [2.75, 3.05) is 5.32 Å². The molecule has 0 bridgehead atoms. The summed E-state index contributed by atoms with van der Waals surface area (Å²) >= 11 is 0. The molecule has 0 saturated heterocycles. The van der Waals surface area contributed by atoms with Crippen molar-refractivity contribution >= 4 is 22.6 Å². The lowest BCUT2D eigenvalue weighted by molar-refractivity contribution is -0.143. The molecule has 1 heterocycles. The number of nitrogens with one attached hydrogen (secondary N) is 1. The highest BCUT2D eigenvalue weighted by Gasteiger charge is 2.37. The number of hydrogen-bond acceptors (Lipinski definition) is 2. The SMILES string of the molecule is Cn1c(=O)n(C)c2cc(NC(=O)c3cc(C(F)(F)F)cc(C(F)(F)F)c3)ccc21. The number of rotatable bonds is 2. The van der Waals surface area contributed by atoms with Gasteiger partial charge in [-0.05, 0) is 36.4 Å². The van der Waals surface area contributed by atoms with Crippen LogP contribution in [-0.2, 0) is 26.4 Å². The first-order valence-electron chi connectivity index (χ1n) is 8.05. The average Bonchev–Trinajstić information content (AvgIpc) is 2.84. The van der Waals surface area contributed by atoms with Crippen molar-refractivity contribution in [3.63, 3.8) is 0 Å². The zero-order valence-corrected chi connectivity index (χ0v) is 14.9. The average molecular weight is 417 g/mol. The number of alkyl halides is 6. The van der Waals surface area contributed by atoms with Crippen molar-refractivity contribution in [1.82, 2.24) is 9.13 Å². The van der Waals surface area contributed by atoms with Gasteiger partial charge in [0.25, 0.3) is 5.91 Å². The molecule has 29 heavy (non-hydrogen) atoms. The number of carbonyl (C=O) groups excluding carboxylic acids is 1. The van der Waals surface area contributed by atoms with Crippen LogP contribution in [0.25, 0.3) is 11.0 Å². The molecule has 0 aliphatic heterocycles. The van der Waals surface area contributed by atoms with E-state index in [1.54, 1.807) is 0 Å². The van der Waals surface area contributed by atoms with E-state index in [-0.39, 0.29) is 17.4 Å². The number of imidazole rings is 1. The first-order chi connectivity index (χ1) is 13.3. The standard InChI is InChI=1S/C18H13F6N3O2/c1-26-13-4-3-12(8-14(13)27(2)16(26)29)25-15(28)9-5-10(17(19,20)21)7-11(6-9)18(22,23)24/h3-8H,1-2H3,(H,25,28). The molecule has 0 aliphatic rings. The number of aryl methyl sites for hydroxylation is 2. The normalized spacial score (nSPS) is 12.4. The molecule has 3 aromatic rings. The number of halogens is 6. The van der Waals surface area contributed by atoms with Gasteiger partial charge >= 0.3 is 18.0 Å². The van der Waals surface area contributed by atoms with Gasteiger partial charge in [0.1, 0.15) is 0 Å². The smallest absolute Gasteiger partial charge is 0.322 e. The van der Waals surface area contributed by atoms with Crippen LogP contribution in [0.1, 0.15) is 21.5 Å². The summed E-state index contributed by atoms with van der Waals surface area (Å²) in [7, 11) is 3.02. The molecular weight excluding hydrogens is 404 g/mol. The van der Waals surface area contributed by atoms with Crippen molar-refractivity contribution < 1.29 is 31.1 Å². The van der Waals surface area contributed by atoms with E-state index in [9.17, 15) is 35.9 Å². The molecule has 2 aromatic carbocycles. The number of benzene rings is 2. The molecule has 5 nitrogen and oxygen atoms in total. The number of anilines is 1. The lowest BCUT2D eigenvalue weighted by atomic mass is 10.0. The first-order valence-corrected chi connectivity index (χ1v) is 8.05. The Labute approximate surface area is 159 Å². The second-order valence-corrected chi connectivity index (χ2v) is 6.35. The van der Waals surface area contributed by atoms with Crippen LogP contribution in [0.15, 0.2) is 41.2 Å². The topological polar surface area (TPSA) is 56.0 Å². The Bertz CT molecular complexity index is 1140. The van der Waals surface area contributed by atoms with E-state index in [4.69, 9.17) is 0 Å². The first kappa shape index (κ1) is 20.5. The number of aromatic nitrogens is 2. The molecule has 0 atom stereocenters. The lowest BCUT2D eigenvalue weighted by Crippen LogP contribution is -2.19. The third-order valence-corrected chi connectivity index (χ3v) is 4.38. The third kappa shape index (κ3) is 3.84. The predicted molar refractivity (Wildman–Crippen MR) is 92.6 cm³/mol. The van der Waals surface area contributed by atoms with E-state index in [1.165, 1.54) is 41.4 Å². The summed E-state index contributed by atoms with van der Waals surface area (Å²) in [6.45, 7) is 0. The Morgan fingerprint density at radius 1 is 0.828 bits per heavy atom. The fourth-order valence-corrected chi connectivity index (χ4v) is 2.87. The van der Waals surface area contributed by atoms with Crippen LogP contribution in [0.4, 0.5) is 32.0 Å². The van der Waals surface area contributed by atoms with E-state index in [0.717, 1.165) is 0 Å². The number of carbonyl (C=O) groups is 1. The van der Waals surface area contributed by atoms with Crippen LogP contribution in [-0.4, -0.2) is 15.0 Å². The van der Waals surface area contributed by atoms with Gasteiger partial charge in [0.05, 0.1) is 22.2 Å². The molecule has 0 saturated carbocycles. The van der Waals surface area contributed by atoms with Crippen molar-refractivity contribution in [3.8, 4) is 0 Å². The lowest BCUT2D eigenvalue weighted by Gasteiger charge is -2.14. The summed E-state index contributed by atoms with van der Waals surface area (Å²) in [5.74, 6) is -1.15. The van der Waals surface area contributed by atoms with E-state index < -0.39 is 35.0 Å². The summed E-state index contributed by atoms with van der Waals surface area (Å²) in [6, 6.07) is 4.93. The van der Waals surface area contributed by atoms with Crippen molar-refractivity contribution in [1.29, 1.82) is 0 Å². The number of fused-ring (bicyclic) bond motifs is 1. The van der Waals surface area contributed by atoms with Gasteiger partial charge in [0.2, 0.25) is 0 Å². The van der Waals surface area contributed by atoms with Gasteiger partial charge < -0.3 is 5.32 Å². The Morgan fingerprint density at radius 3 is 1.86 bits per heavy atom. The van der Waals surface area contributed by atoms with E-state index >= 15 is 0 Å². The van der Waals surface area contributed by atoms with Crippen LogP contribution in [0.5, 0.6) is 0 Å². The molecule has 154 valence electrons. The Kier molecular flexibility index (Phi) is 4.72. The fraction of sp³-hybridized carbons (Fsp3) is 0.222. The molecule has 0 spiro atoms. The maximum absolute atomic E-state index is 13.0. The van der Waals surface area contributed by atoms with Gasteiger partial charge in [-0.2, -0.15) is 26.3 Å². The highest BCUT2D eigenvalue weighted by molar-refractivity contribution is 6.05. The van der Waals surface area contributed by atoms with Crippen molar-refractivity contribution in [2.24, 2.45) is 14.1 Å². The maximum atomic E-state index is 13.0. The number of amides is 1. The zero-order valence-electron chi connectivity index (χ0n) is 14.9. The quantitative estimate of drug-likeness (QED) is 0.637. The van der Waals surface area contributed by atoms with Crippen LogP contribution < -0.4 is 11.0 Å². The minimum absolute atomic E-state index is 0.0530. The molecule has 0 aliphatic carbocycles. The summed E-state index contributed by atoms with van der Waals surface area (Å²) in [4.78, 5) is 24.3. The number of hydrogen-bond donors (Lipinski definition) is 1. The minimum Gasteiger partial charge on any atom is -0.322 e.